The highest BCUT2D eigenvalue weighted by atomic mass is 16.2. The van der Waals surface area contributed by atoms with E-state index in [2.05, 4.69) is 5.32 Å². The molecule has 0 bridgehead atoms. The zero-order valence-electron chi connectivity index (χ0n) is 11.0. The standard InChI is InChI=1S/C12H21N3O2/c1-5-7-10(8-13)11(16)14-9(3)12(17)15(4)6-2/h9-10H,5-7H2,1-4H3,(H,14,16). The fourth-order valence-electron chi connectivity index (χ4n) is 1.41. The van der Waals surface area contributed by atoms with Crippen molar-refractivity contribution in [2.24, 2.45) is 5.92 Å². The SMILES string of the molecule is CCCC(C#N)C(=O)NC(C)C(=O)N(C)CC. The normalized spacial score (nSPS) is 13.4. The summed E-state index contributed by atoms with van der Waals surface area (Å²) in [5.41, 5.74) is 0. The summed E-state index contributed by atoms with van der Waals surface area (Å²) < 4.78 is 0. The first-order valence-electron chi connectivity index (χ1n) is 5.92. The van der Waals surface area contributed by atoms with E-state index in [1.807, 2.05) is 19.9 Å². The molecule has 0 heterocycles. The highest BCUT2D eigenvalue weighted by molar-refractivity contribution is 5.89. The Morgan fingerprint density at radius 3 is 2.41 bits per heavy atom. The minimum atomic E-state index is -0.665. The van der Waals surface area contributed by atoms with Gasteiger partial charge in [-0.3, -0.25) is 9.59 Å². The predicted octanol–water partition coefficient (Wildman–Crippen LogP) is 0.909. The van der Waals surface area contributed by atoms with Gasteiger partial charge in [0.25, 0.3) is 0 Å². The summed E-state index contributed by atoms with van der Waals surface area (Å²) >= 11 is 0. The second-order valence-corrected chi connectivity index (χ2v) is 4.05. The van der Waals surface area contributed by atoms with Gasteiger partial charge in [0, 0.05) is 13.6 Å². The molecule has 5 heteroatoms. The summed E-state index contributed by atoms with van der Waals surface area (Å²) in [4.78, 5) is 24.9. The molecule has 1 N–H and O–H groups in total. The molecule has 2 unspecified atom stereocenters. The van der Waals surface area contributed by atoms with E-state index >= 15 is 0 Å². The van der Waals surface area contributed by atoms with Gasteiger partial charge in [0.05, 0.1) is 6.07 Å². The maximum absolute atomic E-state index is 11.7. The Hall–Kier alpha value is -1.57. The average molecular weight is 239 g/mol. The Labute approximate surface area is 103 Å². The monoisotopic (exact) mass is 239 g/mol. The van der Waals surface area contributed by atoms with Gasteiger partial charge in [-0.1, -0.05) is 13.3 Å². The van der Waals surface area contributed by atoms with Crippen molar-refractivity contribution in [3.8, 4) is 6.07 Å². The van der Waals surface area contributed by atoms with Crippen molar-refractivity contribution in [1.29, 1.82) is 5.26 Å². The van der Waals surface area contributed by atoms with E-state index in [-0.39, 0.29) is 11.8 Å². The van der Waals surface area contributed by atoms with E-state index in [0.29, 0.717) is 13.0 Å². The molecule has 0 saturated heterocycles. The van der Waals surface area contributed by atoms with Crippen molar-refractivity contribution in [2.75, 3.05) is 13.6 Å². The molecule has 2 amide bonds. The zero-order chi connectivity index (χ0) is 13.4. The van der Waals surface area contributed by atoms with Crippen molar-refractivity contribution in [3.05, 3.63) is 0 Å². The Morgan fingerprint density at radius 1 is 1.41 bits per heavy atom. The molecule has 5 nitrogen and oxygen atoms in total. The molecule has 0 aliphatic carbocycles. The minimum absolute atomic E-state index is 0.144. The van der Waals surface area contributed by atoms with E-state index in [1.165, 1.54) is 4.90 Å². The second-order valence-electron chi connectivity index (χ2n) is 4.05. The topological polar surface area (TPSA) is 73.2 Å². The van der Waals surface area contributed by atoms with Crippen molar-refractivity contribution < 1.29 is 9.59 Å². The number of carbonyl (C=O) groups excluding carboxylic acids is 2. The number of carbonyl (C=O) groups is 2. The van der Waals surface area contributed by atoms with Crippen LogP contribution in [0, 0.1) is 17.2 Å². The lowest BCUT2D eigenvalue weighted by Gasteiger charge is -2.21. The number of likely N-dealkylation sites (N-methyl/N-ethyl adjacent to an activating group) is 1. The van der Waals surface area contributed by atoms with Crippen LogP contribution in [0.25, 0.3) is 0 Å². The highest BCUT2D eigenvalue weighted by Gasteiger charge is 2.23. The third kappa shape index (κ3) is 4.85. The Balaban J connectivity index is 4.38. The molecule has 0 aromatic rings. The average Bonchev–Trinajstić information content (AvgIpc) is 2.33. The van der Waals surface area contributed by atoms with E-state index < -0.39 is 12.0 Å². The molecule has 0 saturated carbocycles. The van der Waals surface area contributed by atoms with Gasteiger partial charge in [0.1, 0.15) is 12.0 Å². The summed E-state index contributed by atoms with van der Waals surface area (Å²) in [5.74, 6) is -1.17. The van der Waals surface area contributed by atoms with Gasteiger partial charge in [0.15, 0.2) is 0 Å². The molecule has 0 aliphatic rings. The Kier molecular flexibility index (Phi) is 6.95. The summed E-state index contributed by atoms with van der Waals surface area (Å²) in [6, 6.07) is 1.37. The third-order valence-electron chi connectivity index (χ3n) is 2.63. The Morgan fingerprint density at radius 2 is 2.00 bits per heavy atom. The summed E-state index contributed by atoms with van der Waals surface area (Å²) in [6.07, 6.45) is 1.29. The Bertz CT molecular complexity index is 309. The molecular weight excluding hydrogens is 218 g/mol. The van der Waals surface area contributed by atoms with Crippen LogP contribution in [0.15, 0.2) is 0 Å². The van der Waals surface area contributed by atoms with Crippen molar-refractivity contribution >= 4 is 11.8 Å². The highest BCUT2D eigenvalue weighted by Crippen LogP contribution is 2.05. The number of nitrogens with zero attached hydrogens (tertiary/aromatic N) is 2. The van der Waals surface area contributed by atoms with Gasteiger partial charge < -0.3 is 10.2 Å². The number of nitriles is 1. The van der Waals surface area contributed by atoms with Crippen LogP contribution in [-0.4, -0.2) is 36.3 Å². The van der Waals surface area contributed by atoms with Gasteiger partial charge in [0.2, 0.25) is 11.8 Å². The number of hydrogen-bond donors (Lipinski definition) is 1. The number of nitrogens with one attached hydrogen (secondary N) is 1. The van der Waals surface area contributed by atoms with Crippen LogP contribution in [-0.2, 0) is 9.59 Å². The van der Waals surface area contributed by atoms with Crippen LogP contribution in [0.1, 0.15) is 33.6 Å². The maximum Gasteiger partial charge on any atom is 0.244 e. The lowest BCUT2D eigenvalue weighted by atomic mass is 10.0. The van der Waals surface area contributed by atoms with Crippen LogP contribution in [0.5, 0.6) is 0 Å². The van der Waals surface area contributed by atoms with E-state index in [0.717, 1.165) is 6.42 Å². The molecule has 0 aromatic heterocycles. The van der Waals surface area contributed by atoms with Gasteiger partial charge >= 0.3 is 0 Å². The first-order valence-corrected chi connectivity index (χ1v) is 5.92. The van der Waals surface area contributed by atoms with Crippen LogP contribution < -0.4 is 5.32 Å². The van der Waals surface area contributed by atoms with E-state index in [1.54, 1.807) is 14.0 Å². The molecule has 0 aliphatic heterocycles. The molecule has 96 valence electrons. The molecule has 0 aromatic carbocycles. The third-order valence-corrected chi connectivity index (χ3v) is 2.63. The lowest BCUT2D eigenvalue weighted by molar-refractivity contribution is -0.135. The van der Waals surface area contributed by atoms with Crippen molar-refractivity contribution in [1.82, 2.24) is 10.2 Å². The van der Waals surface area contributed by atoms with E-state index in [4.69, 9.17) is 5.26 Å². The molecule has 0 rings (SSSR count). The largest absolute Gasteiger partial charge is 0.344 e. The molecule has 0 spiro atoms. The van der Waals surface area contributed by atoms with E-state index in [9.17, 15) is 9.59 Å². The molecule has 17 heavy (non-hydrogen) atoms. The summed E-state index contributed by atoms with van der Waals surface area (Å²) in [5, 5.41) is 11.4. The van der Waals surface area contributed by atoms with Gasteiger partial charge in [-0.2, -0.15) is 5.26 Å². The van der Waals surface area contributed by atoms with Crippen LogP contribution >= 0.6 is 0 Å². The minimum Gasteiger partial charge on any atom is -0.344 e. The number of rotatable bonds is 6. The fourth-order valence-corrected chi connectivity index (χ4v) is 1.41. The molecule has 0 fully saturated rings. The molecular formula is C12H21N3O2. The molecule has 2 atom stereocenters. The van der Waals surface area contributed by atoms with Crippen LogP contribution in [0.3, 0.4) is 0 Å². The van der Waals surface area contributed by atoms with Gasteiger partial charge in [-0.25, -0.2) is 0 Å². The molecule has 0 radical (unpaired) electrons. The van der Waals surface area contributed by atoms with Gasteiger partial charge in [-0.15, -0.1) is 0 Å². The van der Waals surface area contributed by atoms with Crippen molar-refractivity contribution in [2.45, 2.75) is 39.7 Å². The quantitative estimate of drug-likeness (QED) is 0.748. The van der Waals surface area contributed by atoms with Crippen molar-refractivity contribution in [3.63, 3.8) is 0 Å². The summed E-state index contributed by atoms with van der Waals surface area (Å²) in [6.45, 7) is 6.00. The smallest absolute Gasteiger partial charge is 0.244 e. The second kappa shape index (κ2) is 7.66. The maximum atomic E-state index is 11.7. The summed E-state index contributed by atoms with van der Waals surface area (Å²) in [7, 11) is 1.68. The number of hydrogen-bond acceptors (Lipinski definition) is 3. The van der Waals surface area contributed by atoms with Crippen LogP contribution in [0.4, 0.5) is 0 Å². The zero-order valence-corrected chi connectivity index (χ0v) is 11.0. The number of amides is 2. The van der Waals surface area contributed by atoms with Gasteiger partial charge in [-0.05, 0) is 20.3 Å². The fraction of sp³-hybridized carbons (Fsp3) is 0.750. The lowest BCUT2D eigenvalue weighted by Crippen LogP contribution is -2.47. The predicted molar refractivity (Wildman–Crippen MR) is 64.9 cm³/mol. The first kappa shape index (κ1) is 15.4. The van der Waals surface area contributed by atoms with Crippen LogP contribution in [0.2, 0.25) is 0 Å². The first-order chi connectivity index (χ1) is 7.97.